The van der Waals surface area contributed by atoms with Crippen molar-refractivity contribution < 1.29 is 9.59 Å². The molecule has 0 bridgehead atoms. The first-order valence-electron chi connectivity index (χ1n) is 5.51. The van der Waals surface area contributed by atoms with E-state index in [1.54, 1.807) is 11.9 Å². The number of carbonyl (C=O) groups excluding carboxylic acids is 2. The Labute approximate surface area is 94.1 Å². The minimum absolute atomic E-state index is 0.000322. The summed E-state index contributed by atoms with van der Waals surface area (Å²) in [5.74, 6) is 0.151. The van der Waals surface area contributed by atoms with Gasteiger partial charge in [-0.25, -0.2) is 0 Å². The number of guanidine groups is 1. The maximum absolute atomic E-state index is 11.8. The zero-order valence-electron chi connectivity index (χ0n) is 9.32. The first-order valence-corrected chi connectivity index (χ1v) is 5.51. The lowest BCUT2D eigenvalue weighted by Gasteiger charge is -2.19. The normalized spacial score (nSPS) is 24.9. The highest BCUT2D eigenvalue weighted by molar-refractivity contribution is 6.07. The van der Waals surface area contributed by atoms with Crippen molar-refractivity contribution in [2.75, 3.05) is 26.7 Å². The van der Waals surface area contributed by atoms with Crippen molar-refractivity contribution in [1.82, 2.24) is 15.5 Å². The fourth-order valence-electron chi connectivity index (χ4n) is 1.93. The van der Waals surface area contributed by atoms with Crippen LogP contribution in [0.1, 0.15) is 12.8 Å². The summed E-state index contributed by atoms with van der Waals surface area (Å²) < 4.78 is 0. The van der Waals surface area contributed by atoms with Crippen LogP contribution < -0.4 is 10.6 Å². The lowest BCUT2D eigenvalue weighted by molar-refractivity contribution is -0.122. The molecule has 0 aromatic heterocycles. The third kappa shape index (κ3) is 2.38. The smallest absolute Gasteiger partial charge is 0.252 e. The molecule has 88 valence electrons. The Bertz CT molecular complexity index is 334. The SMILES string of the molecule is CN1CC(=O)NC1=NC(=O)C1CCNCC1. The Kier molecular flexibility index (Phi) is 3.19. The van der Waals surface area contributed by atoms with Crippen molar-refractivity contribution in [3.63, 3.8) is 0 Å². The van der Waals surface area contributed by atoms with Gasteiger partial charge in [0.25, 0.3) is 5.91 Å². The molecular weight excluding hydrogens is 208 g/mol. The molecular formula is C10H16N4O2. The number of likely N-dealkylation sites (N-methyl/N-ethyl adjacent to an activating group) is 1. The van der Waals surface area contributed by atoms with Crippen LogP contribution in [0.3, 0.4) is 0 Å². The molecule has 16 heavy (non-hydrogen) atoms. The van der Waals surface area contributed by atoms with Crippen LogP contribution in [0.15, 0.2) is 4.99 Å². The molecule has 0 unspecified atom stereocenters. The lowest BCUT2D eigenvalue weighted by Crippen LogP contribution is -2.34. The molecule has 2 aliphatic rings. The molecule has 2 N–H and O–H groups in total. The maximum atomic E-state index is 11.8. The average molecular weight is 224 g/mol. The lowest BCUT2D eigenvalue weighted by atomic mass is 9.98. The minimum Gasteiger partial charge on any atom is -0.336 e. The molecule has 0 radical (unpaired) electrons. The second kappa shape index (κ2) is 4.61. The Morgan fingerprint density at radius 1 is 1.44 bits per heavy atom. The zero-order valence-corrected chi connectivity index (χ0v) is 9.32. The Morgan fingerprint density at radius 2 is 2.12 bits per heavy atom. The van der Waals surface area contributed by atoms with E-state index >= 15 is 0 Å². The first kappa shape index (κ1) is 11.1. The number of nitrogens with one attached hydrogen (secondary N) is 2. The fourth-order valence-corrected chi connectivity index (χ4v) is 1.93. The van der Waals surface area contributed by atoms with Gasteiger partial charge in [-0.05, 0) is 25.9 Å². The highest BCUT2D eigenvalue weighted by Crippen LogP contribution is 2.13. The van der Waals surface area contributed by atoms with Crippen LogP contribution in [0, 0.1) is 5.92 Å². The van der Waals surface area contributed by atoms with Crippen molar-refractivity contribution in [3.8, 4) is 0 Å². The third-order valence-corrected chi connectivity index (χ3v) is 2.90. The molecule has 2 fully saturated rings. The van der Waals surface area contributed by atoms with Crippen LogP contribution in [0.4, 0.5) is 0 Å². The number of amides is 2. The van der Waals surface area contributed by atoms with Gasteiger partial charge >= 0.3 is 0 Å². The van der Waals surface area contributed by atoms with Crippen LogP contribution in [0.2, 0.25) is 0 Å². The number of hydrogen-bond acceptors (Lipinski definition) is 3. The van der Waals surface area contributed by atoms with Gasteiger partial charge in [0.05, 0.1) is 6.54 Å². The Hall–Kier alpha value is -1.43. The van der Waals surface area contributed by atoms with Crippen LogP contribution in [-0.2, 0) is 9.59 Å². The summed E-state index contributed by atoms with van der Waals surface area (Å²) in [6, 6.07) is 0. The van der Waals surface area contributed by atoms with Crippen LogP contribution in [0.5, 0.6) is 0 Å². The molecule has 2 saturated heterocycles. The van der Waals surface area contributed by atoms with Crippen LogP contribution >= 0.6 is 0 Å². The van der Waals surface area contributed by atoms with Gasteiger partial charge in [0, 0.05) is 13.0 Å². The fraction of sp³-hybridized carbons (Fsp3) is 0.700. The number of carbonyl (C=O) groups is 2. The highest BCUT2D eigenvalue weighted by Gasteiger charge is 2.25. The Morgan fingerprint density at radius 3 is 2.69 bits per heavy atom. The van der Waals surface area contributed by atoms with E-state index in [2.05, 4.69) is 15.6 Å². The van der Waals surface area contributed by atoms with E-state index < -0.39 is 0 Å². The molecule has 2 aliphatic heterocycles. The van der Waals surface area contributed by atoms with Crippen molar-refractivity contribution >= 4 is 17.8 Å². The molecule has 0 atom stereocenters. The van der Waals surface area contributed by atoms with E-state index in [0.717, 1.165) is 25.9 Å². The number of piperidine rings is 1. The van der Waals surface area contributed by atoms with Gasteiger partial charge in [-0.2, -0.15) is 4.99 Å². The number of hydrogen-bond donors (Lipinski definition) is 2. The number of nitrogens with zero attached hydrogens (tertiary/aromatic N) is 2. The molecule has 6 heteroatoms. The molecule has 2 heterocycles. The van der Waals surface area contributed by atoms with E-state index in [1.165, 1.54) is 0 Å². The molecule has 2 rings (SSSR count). The van der Waals surface area contributed by atoms with Gasteiger partial charge in [-0.1, -0.05) is 0 Å². The zero-order chi connectivity index (χ0) is 11.5. The van der Waals surface area contributed by atoms with Gasteiger partial charge < -0.3 is 10.2 Å². The second-order valence-corrected chi connectivity index (χ2v) is 4.20. The summed E-state index contributed by atoms with van der Waals surface area (Å²) >= 11 is 0. The molecule has 0 spiro atoms. The van der Waals surface area contributed by atoms with Gasteiger partial charge in [-0.15, -0.1) is 0 Å². The topological polar surface area (TPSA) is 73.8 Å². The molecule has 2 amide bonds. The predicted octanol–water partition coefficient (Wildman–Crippen LogP) is -1.07. The van der Waals surface area contributed by atoms with Crippen molar-refractivity contribution in [3.05, 3.63) is 0 Å². The van der Waals surface area contributed by atoms with Gasteiger partial charge in [0.1, 0.15) is 0 Å². The monoisotopic (exact) mass is 224 g/mol. The van der Waals surface area contributed by atoms with Gasteiger partial charge in [0.2, 0.25) is 11.9 Å². The minimum atomic E-state index is -0.120. The molecule has 0 aliphatic carbocycles. The average Bonchev–Trinajstić information content (AvgIpc) is 2.59. The summed E-state index contributed by atoms with van der Waals surface area (Å²) in [4.78, 5) is 28.5. The van der Waals surface area contributed by atoms with E-state index in [1.807, 2.05) is 0 Å². The van der Waals surface area contributed by atoms with Crippen LogP contribution in [-0.4, -0.2) is 49.4 Å². The number of rotatable bonds is 1. The summed E-state index contributed by atoms with van der Waals surface area (Å²) in [6.07, 6.45) is 1.65. The van der Waals surface area contributed by atoms with Gasteiger partial charge in [-0.3, -0.25) is 14.9 Å². The molecule has 0 aromatic rings. The van der Waals surface area contributed by atoms with Gasteiger partial charge in [0.15, 0.2) is 0 Å². The molecule has 0 aromatic carbocycles. The van der Waals surface area contributed by atoms with Crippen molar-refractivity contribution in [1.29, 1.82) is 0 Å². The predicted molar refractivity (Wildman–Crippen MR) is 58.8 cm³/mol. The standard InChI is InChI=1S/C10H16N4O2/c1-14-6-8(15)12-10(14)13-9(16)7-2-4-11-5-3-7/h7,11H,2-6H2,1H3,(H,12,13,15,16). The van der Waals surface area contributed by atoms with E-state index in [0.29, 0.717) is 5.96 Å². The van der Waals surface area contributed by atoms with E-state index in [4.69, 9.17) is 0 Å². The highest BCUT2D eigenvalue weighted by atomic mass is 16.2. The summed E-state index contributed by atoms with van der Waals surface area (Å²) in [7, 11) is 1.74. The third-order valence-electron chi connectivity index (χ3n) is 2.90. The van der Waals surface area contributed by atoms with Crippen LogP contribution in [0.25, 0.3) is 0 Å². The maximum Gasteiger partial charge on any atom is 0.252 e. The van der Waals surface area contributed by atoms with Crippen molar-refractivity contribution in [2.24, 2.45) is 10.9 Å². The molecule has 0 saturated carbocycles. The van der Waals surface area contributed by atoms with E-state index in [9.17, 15) is 9.59 Å². The summed E-state index contributed by atoms with van der Waals surface area (Å²) in [6.45, 7) is 2.01. The first-order chi connectivity index (χ1) is 7.66. The number of aliphatic imine (C=N–C) groups is 1. The molecule has 6 nitrogen and oxygen atoms in total. The second-order valence-electron chi connectivity index (χ2n) is 4.20. The van der Waals surface area contributed by atoms with E-state index in [-0.39, 0.29) is 24.3 Å². The quantitative estimate of drug-likeness (QED) is 0.595. The summed E-state index contributed by atoms with van der Waals surface area (Å²) in [5.41, 5.74) is 0. The largest absolute Gasteiger partial charge is 0.336 e. The Balaban J connectivity index is 1.99. The summed E-state index contributed by atoms with van der Waals surface area (Å²) in [5, 5.41) is 5.77. The van der Waals surface area contributed by atoms with Crippen molar-refractivity contribution in [2.45, 2.75) is 12.8 Å².